The molecule has 3 heteroatoms. The van der Waals surface area contributed by atoms with Crippen molar-refractivity contribution < 1.29 is 4.74 Å². The van der Waals surface area contributed by atoms with E-state index in [1.807, 2.05) is 6.07 Å². The van der Waals surface area contributed by atoms with Crippen molar-refractivity contribution in [2.45, 2.75) is 25.7 Å². The molecule has 0 saturated carbocycles. The van der Waals surface area contributed by atoms with Gasteiger partial charge in [0.2, 0.25) is 5.88 Å². The Morgan fingerprint density at radius 2 is 2.25 bits per heavy atom. The Bertz CT molecular complexity index is 480. The third-order valence-electron chi connectivity index (χ3n) is 2.68. The summed E-state index contributed by atoms with van der Waals surface area (Å²) in [4.78, 5) is 4.38. The zero-order valence-electron chi connectivity index (χ0n) is 8.99. The lowest BCUT2D eigenvalue weighted by atomic mass is 9.95. The fraction of sp³-hybridized carbons (Fsp3) is 0.385. The summed E-state index contributed by atoms with van der Waals surface area (Å²) in [5.74, 6) is 2.75. The first-order valence-corrected chi connectivity index (χ1v) is 5.34. The van der Waals surface area contributed by atoms with E-state index in [2.05, 4.69) is 17.0 Å². The molecule has 1 aliphatic rings. The van der Waals surface area contributed by atoms with Crippen molar-refractivity contribution in [3.8, 4) is 24.3 Å². The molecule has 3 nitrogen and oxygen atoms in total. The second-order valence-corrected chi connectivity index (χ2v) is 3.76. The highest BCUT2D eigenvalue weighted by Gasteiger charge is 2.15. The molecular weight excluding hydrogens is 200 g/mol. The Kier molecular flexibility index (Phi) is 3.08. The van der Waals surface area contributed by atoms with E-state index in [-0.39, 0.29) is 6.61 Å². The molecule has 0 fully saturated rings. The van der Waals surface area contributed by atoms with Crippen molar-refractivity contribution in [3.63, 3.8) is 0 Å². The van der Waals surface area contributed by atoms with Crippen LogP contribution < -0.4 is 4.74 Å². The molecule has 1 aromatic heterocycles. The van der Waals surface area contributed by atoms with Gasteiger partial charge in [-0.15, -0.1) is 6.42 Å². The number of nitriles is 1. The van der Waals surface area contributed by atoms with Crippen molar-refractivity contribution in [1.29, 1.82) is 5.26 Å². The molecule has 0 spiro atoms. The van der Waals surface area contributed by atoms with E-state index in [9.17, 15) is 0 Å². The summed E-state index contributed by atoms with van der Waals surface area (Å²) >= 11 is 0. The number of pyridine rings is 1. The lowest BCUT2D eigenvalue weighted by Crippen LogP contribution is -2.08. The van der Waals surface area contributed by atoms with E-state index in [0.29, 0.717) is 11.4 Å². The Morgan fingerprint density at radius 3 is 3.00 bits per heavy atom. The lowest BCUT2D eigenvalue weighted by molar-refractivity contribution is 0.352. The van der Waals surface area contributed by atoms with Gasteiger partial charge < -0.3 is 4.74 Å². The maximum atomic E-state index is 9.00. The number of aromatic nitrogens is 1. The van der Waals surface area contributed by atoms with Crippen LogP contribution in [0.4, 0.5) is 0 Å². The van der Waals surface area contributed by atoms with Crippen molar-refractivity contribution >= 4 is 0 Å². The van der Waals surface area contributed by atoms with Crippen LogP contribution in [-0.2, 0) is 12.8 Å². The number of aryl methyl sites for hydroxylation is 2. The first kappa shape index (κ1) is 10.5. The van der Waals surface area contributed by atoms with Crippen LogP contribution in [0.2, 0.25) is 0 Å². The first-order chi connectivity index (χ1) is 7.85. The maximum Gasteiger partial charge on any atom is 0.232 e. The summed E-state index contributed by atoms with van der Waals surface area (Å²) in [7, 11) is 0. The third-order valence-corrected chi connectivity index (χ3v) is 2.68. The van der Waals surface area contributed by atoms with Crippen LogP contribution in [0.3, 0.4) is 0 Å². The van der Waals surface area contributed by atoms with Gasteiger partial charge in [0.15, 0.2) is 6.61 Å². The molecule has 16 heavy (non-hydrogen) atoms. The van der Waals surface area contributed by atoms with Crippen LogP contribution in [0.25, 0.3) is 0 Å². The van der Waals surface area contributed by atoms with Gasteiger partial charge in [-0.25, -0.2) is 4.98 Å². The molecule has 80 valence electrons. The number of rotatable bonds is 2. The van der Waals surface area contributed by atoms with Gasteiger partial charge in [-0.3, -0.25) is 0 Å². The lowest BCUT2D eigenvalue weighted by Gasteiger charge is -2.16. The van der Waals surface area contributed by atoms with E-state index < -0.39 is 0 Å². The summed E-state index contributed by atoms with van der Waals surface area (Å²) in [5.41, 5.74) is 2.71. The van der Waals surface area contributed by atoms with Gasteiger partial charge in [-0.05, 0) is 37.3 Å². The SMILES string of the molecule is C#CCOc1nc2c(cc1C#N)CCCC2. The number of fused-ring (bicyclic) bond motifs is 1. The molecular formula is C13H12N2O. The van der Waals surface area contributed by atoms with Crippen LogP contribution in [0.15, 0.2) is 6.07 Å². The van der Waals surface area contributed by atoms with Gasteiger partial charge in [0.25, 0.3) is 0 Å². The third kappa shape index (κ3) is 1.99. The number of hydrogen-bond acceptors (Lipinski definition) is 3. The normalized spacial score (nSPS) is 13.4. The van der Waals surface area contributed by atoms with Crippen LogP contribution >= 0.6 is 0 Å². The molecule has 0 bridgehead atoms. The van der Waals surface area contributed by atoms with Crippen molar-refractivity contribution in [2.24, 2.45) is 0 Å². The van der Waals surface area contributed by atoms with Crippen LogP contribution in [0.1, 0.15) is 29.7 Å². The number of hydrogen-bond donors (Lipinski definition) is 0. The molecule has 0 atom stereocenters. The Morgan fingerprint density at radius 1 is 1.44 bits per heavy atom. The zero-order valence-corrected chi connectivity index (χ0v) is 8.99. The first-order valence-electron chi connectivity index (χ1n) is 5.34. The molecule has 0 unspecified atom stereocenters. The Hall–Kier alpha value is -2.00. The molecule has 0 aliphatic heterocycles. The molecule has 2 rings (SSSR count). The largest absolute Gasteiger partial charge is 0.464 e. The van der Waals surface area contributed by atoms with Gasteiger partial charge in [-0.1, -0.05) is 5.92 Å². The molecule has 0 N–H and O–H groups in total. The molecule has 1 aromatic rings. The van der Waals surface area contributed by atoms with Gasteiger partial charge in [-0.2, -0.15) is 5.26 Å². The molecule has 0 saturated heterocycles. The zero-order chi connectivity index (χ0) is 11.4. The van der Waals surface area contributed by atoms with E-state index in [1.165, 1.54) is 12.0 Å². The Labute approximate surface area is 95.1 Å². The van der Waals surface area contributed by atoms with Gasteiger partial charge in [0.1, 0.15) is 11.6 Å². The average Bonchev–Trinajstić information content (AvgIpc) is 2.35. The molecule has 1 aliphatic carbocycles. The molecule has 0 aromatic carbocycles. The summed E-state index contributed by atoms with van der Waals surface area (Å²) in [6.45, 7) is 0.153. The number of nitrogens with zero attached hydrogens (tertiary/aromatic N) is 2. The highest BCUT2D eigenvalue weighted by Crippen LogP contribution is 2.25. The standard InChI is InChI=1S/C13H12N2O/c1-2-7-16-13-11(9-14)8-10-5-3-4-6-12(10)15-13/h1,8H,3-7H2. The minimum atomic E-state index is 0.153. The molecule has 0 amide bonds. The second kappa shape index (κ2) is 4.68. The van der Waals surface area contributed by atoms with Crippen LogP contribution in [0.5, 0.6) is 5.88 Å². The minimum absolute atomic E-state index is 0.153. The fourth-order valence-electron chi connectivity index (χ4n) is 1.91. The van der Waals surface area contributed by atoms with E-state index in [1.54, 1.807) is 0 Å². The molecule has 0 radical (unpaired) electrons. The topological polar surface area (TPSA) is 45.9 Å². The highest BCUT2D eigenvalue weighted by molar-refractivity contribution is 5.43. The Balaban J connectivity index is 2.37. The van der Waals surface area contributed by atoms with Crippen molar-refractivity contribution in [1.82, 2.24) is 4.98 Å². The fourth-order valence-corrected chi connectivity index (χ4v) is 1.91. The average molecular weight is 212 g/mol. The van der Waals surface area contributed by atoms with Crippen LogP contribution in [0, 0.1) is 23.7 Å². The van der Waals surface area contributed by atoms with Crippen molar-refractivity contribution in [3.05, 3.63) is 22.9 Å². The molecule has 1 heterocycles. The minimum Gasteiger partial charge on any atom is -0.464 e. The summed E-state index contributed by atoms with van der Waals surface area (Å²) < 4.78 is 5.27. The van der Waals surface area contributed by atoms with E-state index >= 15 is 0 Å². The van der Waals surface area contributed by atoms with Crippen LogP contribution in [-0.4, -0.2) is 11.6 Å². The monoisotopic (exact) mass is 212 g/mol. The van der Waals surface area contributed by atoms with E-state index in [4.69, 9.17) is 16.4 Å². The van der Waals surface area contributed by atoms with Gasteiger partial charge in [0, 0.05) is 5.69 Å². The number of ether oxygens (including phenoxy) is 1. The predicted octanol–water partition coefficient (Wildman–Crippen LogP) is 1.84. The maximum absolute atomic E-state index is 9.00. The predicted molar refractivity (Wildman–Crippen MR) is 59.9 cm³/mol. The summed E-state index contributed by atoms with van der Waals surface area (Å²) in [6.07, 6.45) is 9.42. The number of terminal acetylenes is 1. The van der Waals surface area contributed by atoms with Gasteiger partial charge >= 0.3 is 0 Å². The van der Waals surface area contributed by atoms with Gasteiger partial charge in [0.05, 0.1) is 0 Å². The quantitative estimate of drug-likeness (QED) is 0.703. The summed E-state index contributed by atoms with van der Waals surface area (Å²) in [5, 5.41) is 9.00. The second-order valence-electron chi connectivity index (χ2n) is 3.76. The highest BCUT2D eigenvalue weighted by atomic mass is 16.5. The van der Waals surface area contributed by atoms with Crippen molar-refractivity contribution in [2.75, 3.05) is 6.61 Å². The summed E-state index contributed by atoms with van der Waals surface area (Å²) in [6, 6.07) is 3.98. The smallest absolute Gasteiger partial charge is 0.232 e. The van der Waals surface area contributed by atoms with E-state index in [0.717, 1.165) is 25.0 Å².